The molecule has 3 heterocycles. The van der Waals surface area contributed by atoms with Crippen LogP contribution in [0.2, 0.25) is 0 Å². The summed E-state index contributed by atoms with van der Waals surface area (Å²) in [5.41, 5.74) is 1.66. The molecule has 0 aliphatic rings. The van der Waals surface area contributed by atoms with Gasteiger partial charge < -0.3 is 15.1 Å². The molecule has 10 nitrogen and oxygen atoms in total. The molecule has 3 aromatic heterocycles. The van der Waals surface area contributed by atoms with Crippen LogP contribution in [0.15, 0.2) is 24.5 Å². The standard InChI is InChI=1S/C17H22N8O2/c1-6-23(4)16(27)12-9-18-24(5)14(12)15(26)19-11-7-8-13-20-17(22(2)3)21-25(13)10-11/h7-10H,6H2,1-5H3,(H,19,26). The molecule has 0 aliphatic carbocycles. The highest BCUT2D eigenvalue weighted by Gasteiger charge is 2.24. The highest BCUT2D eigenvalue weighted by Crippen LogP contribution is 2.16. The zero-order valence-corrected chi connectivity index (χ0v) is 16.0. The summed E-state index contributed by atoms with van der Waals surface area (Å²) >= 11 is 0. The number of nitrogens with one attached hydrogen (secondary N) is 1. The Kier molecular flexibility index (Phi) is 4.80. The first-order valence-electron chi connectivity index (χ1n) is 8.44. The molecular formula is C17H22N8O2. The van der Waals surface area contributed by atoms with E-state index in [4.69, 9.17) is 0 Å². The maximum Gasteiger partial charge on any atom is 0.274 e. The van der Waals surface area contributed by atoms with E-state index in [1.54, 1.807) is 41.8 Å². The third kappa shape index (κ3) is 3.46. The Bertz CT molecular complexity index is 1000. The predicted octanol–water partition coefficient (Wildman–Crippen LogP) is 0.873. The van der Waals surface area contributed by atoms with Gasteiger partial charge in [-0.15, -0.1) is 5.10 Å². The van der Waals surface area contributed by atoms with Crippen LogP contribution in [0.25, 0.3) is 5.65 Å². The number of carbonyl (C=O) groups is 2. The Morgan fingerprint density at radius 1 is 1.22 bits per heavy atom. The van der Waals surface area contributed by atoms with Gasteiger partial charge in [-0.05, 0) is 19.1 Å². The molecule has 0 fully saturated rings. The van der Waals surface area contributed by atoms with Crippen LogP contribution in [0, 0.1) is 0 Å². The number of carbonyl (C=O) groups excluding carboxylic acids is 2. The van der Waals surface area contributed by atoms with E-state index < -0.39 is 5.91 Å². The van der Waals surface area contributed by atoms with Crippen molar-refractivity contribution in [1.29, 1.82) is 0 Å². The van der Waals surface area contributed by atoms with Gasteiger partial charge in [0.2, 0.25) is 5.95 Å². The minimum Gasteiger partial charge on any atom is -0.346 e. The Morgan fingerprint density at radius 3 is 2.63 bits per heavy atom. The van der Waals surface area contributed by atoms with E-state index in [1.807, 2.05) is 21.0 Å². The zero-order valence-electron chi connectivity index (χ0n) is 16.0. The molecule has 0 saturated heterocycles. The molecule has 2 amide bonds. The topological polar surface area (TPSA) is 101 Å². The van der Waals surface area contributed by atoms with Crippen LogP contribution in [0.5, 0.6) is 0 Å². The SMILES string of the molecule is CCN(C)C(=O)c1cnn(C)c1C(=O)Nc1ccc2nc(N(C)C)nn2c1. The number of fused-ring (bicyclic) bond motifs is 1. The molecule has 27 heavy (non-hydrogen) atoms. The number of pyridine rings is 1. The number of hydrogen-bond acceptors (Lipinski definition) is 6. The summed E-state index contributed by atoms with van der Waals surface area (Å²) in [6.45, 7) is 2.40. The molecule has 0 aliphatic heterocycles. The smallest absolute Gasteiger partial charge is 0.274 e. The first-order valence-corrected chi connectivity index (χ1v) is 8.44. The summed E-state index contributed by atoms with van der Waals surface area (Å²) < 4.78 is 2.98. The minimum atomic E-state index is -0.421. The normalized spacial score (nSPS) is 10.9. The number of rotatable bonds is 5. The lowest BCUT2D eigenvalue weighted by molar-refractivity contribution is 0.0796. The number of nitrogens with zero attached hydrogens (tertiary/aromatic N) is 7. The van der Waals surface area contributed by atoms with Crippen LogP contribution in [0.1, 0.15) is 27.8 Å². The molecule has 0 unspecified atom stereocenters. The minimum absolute atomic E-state index is 0.202. The van der Waals surface area contributed by atoms with Gasteiger partial charge in [0.15, 0.2) is 5.65 Å². The third-order valence-corrected chi connectivity index (χ3v) is 4.18. The Labute approximate surface area is 156 Å². The van der Waals surface area contributed by atoms with Crippen molar-refractivity contribution in [3.63, 3.8) is 0 Å². The van der Waals surface area contributed by atoms with Gasteiger partial charge in [0.25, 0.3) is 11.8 Å². The van der Waals surface area contributed by atoms with Crippen molar-refractivity contribution < 1.29 is 9.59 Å². The monoisotopic (exact) mass is 370 g/mol. The molecule has 0 saturated carbocycles. The first-order chi connectivity index (χ1) is 12.8. The average Bonchev–Trinajstić information content (AvgIpc) is 3.23. The quantitative estimate of drug-likeness (QED) is 0.715. The fraction of sp³-hybridized carbons (Fsp3) is 0.353. The van der Waals surface area contributed by atoms with Crippen LogP contribution >= 0.6 is 0 Å². The van der Waals surface area contributed by atoms with E-state index >= 15 is 0 Å². The third-order valence-electron chi connectivity index (χ3n) is 4.18. The summed E-state index contributed by atoms with van der Waals surface area (Å²) in [5.74, 6) is -0.103. The second-order valence-corrected chi connectivity index (χ2v) is 6.33. The second kappa shape index (κ2) is 7.06. The Hall–Kier alpha value is -3.43. The van der Waals surface area contributed by atoms with E-state index in [1.165, 1.54) is 15.8 Å². The van der Waals surface area contributed by atoms with Crippen molar-refractivity contribution in [2.75, 3.05) is 37.9 Å². The largest absolute Gasteiger partial charge is 0.346 e. The van der Waals surface area contributed by atoms with Gasteiger partial charge in [-0.1, -0.05) is 0 Å². The number of anilines is 2. The molecule has 1 N–H and O–H groups in total. The maximum absolute atomic E-state index is 12.8. The van der Waals surface area contributed by atoms with Gasteiger partial charge in [0.05, 0.1) is 23.6 Å². The Morgan fingerprint density at radius 2 is 1.96 bits per heavy atom. The molecule has 0 bridgehead atoms. The molecule has 0 radical (unpaired) electrons. The summed E-state index contributed by atoms with van der Waals surface area (Å²) in [6, 6.07) is 3.49. The number of aryl methyl sites for hydroxylation is 1. The lowest BCUT2D eigenvalue weighted by Gasteiger charge is -2.14. The lowest BCUT2D eigenvalue weighted by atomic mass is 10.2. The molecule has 0 aromatic carbocycles. The van der Waals surface area contributed by atoms with E-state index in [9.17, 15) is 9.59 Å². The zero-order chi connectivity index (χ0) is 19.7. The first kappa shape index (κ1) is 18.4. The van der Waals surface area contributed by atoms with E-state index in [0.717, 1.165) is 0 Å². The van der Waals surface area contributed by atoms with Crippen LogP contribution < -0.4 is 10.2 Å². The summed E-state index contributed by atoms with van der Waals surface area (Å²) in [7, 11) is 7.01. The molecule has 10 heteroatoms. The van der Waals surface area contributed by atoms with Gasteiger partial charge in [0, 0.05) is 34.7 Å². The molecule has 0 atom stereocenters. The highest BCUT2D eigenvalue weighted by atomic mass is 16.2. The molecule has 3 rings (SSSR count). The van der Waals surface area contributed by atoms with Crippen molar-refractivity contribution in [2.24, 2.45) is 7.05 Å². The van der Waals surface area contributed by atoms with Gasteiger partial charge in [-0.2, -0.15) is 10.1 Å². The van der Waals surface area contributed by atoms with E-state index in [-0.39, 0.29) is 17.2 Å². The number of aromatic nitrogens is 5. The molecule has 142 valence electrons. The summed E-state index contributed by atoms with van der Waals surface area (Å²) in [4.78, 5) is 32.9. The van der Waals surface area contributed by atoms with Crippen molar-refractivity contribution >= 4 is 29.1 Å². The van der Waals surface area contributed by atoms with Crippen LogP contribution in [-0.4, -0.2) is 68.8 Å². The summed E-state index contributed by atoms with van der Waals surface area (Å²) in [6.07, 6.45) is 3.08. The maximum atomic E-state index is 12.8. The fourth-order valence-corrected chi connectivity index (χ4v) is 2.54. The van der Waals surface area contributed by atoms with Crippen LogP contribution in [0.3, 0.4) is 0 Å². The van der Waals surface area contributed by atoms with Crippen molar-refractivity contribution in [3.8, 4) is 0 Å². The molecular weight excluding hydrogens is 348 g/mol. The van der Waals surface area contributed by atoms with Crippen molar-refractivity contribution in [2.45, 2.75) is 6.92 Å². The van der Waals surface area contributed by atoms with Gasteiger partial charge in [0.1, 0.15) is 5.69 Å². The lowest BCUT2D eigenvalue weighted by Crippen LogP contribution is -2.29. The molecule has 3 aromatic rings. The number of amides is 2. The van der Waals surface area contributed by atoms with E-state index in [2.05, 4.69) is 20.5 Å². The van der Waals surface area contributed by atoms with Gasteiger partial charge in [-0.3, -0.25) is 14.3 Å². The molecule has 0 spiro atoms. The van der Waals surface area contributed by atoms with E-state index in [0.29, 0.717) is 23.8 Å². The summed E-state index contributed by atoms with van der Waals surface area (Å²) in [5, 5.41) is 11.2. The second-order valence-electron chi connectivity index (χ2n) is 6.33. The average molecular weight is 370 g/mol. The fourth-order valence-electron chi connectivity index (χ4n) is 2.54. The number of hydrogen-bond donors (Lipinski definition) is 1. The van der Waals surface area contributed by atoms with Crippen LogP contribution in [0.4, 0.5) is 11.6 Å². The highest BCUT2D eigenvalue weighted by molar-refractivity contribution is 6.11. The Balaban J connectivity index is 1.88. The van der Waals surface area contributed by atoms with Gasteiger partial charge >= 0.3 is 0 Å². The van der Waals surface area contributed by atoms with Crippen molar-refractivity contribution in [3.05, 3.63) is 35.8 Å². The van der Waals surface area contributed by atoms with Gasteiger partial charge in [-0.25, -0.2) is 4.52 Å². The van der Waals surface area contributed by atoms with Crippen LogP contribution in [-0.2, 0) is 7.05 Å². The predicted molar refractivity (Wildman–Crippen MR) is 101 cm³/mol. The van der Waals surface area contributed by atoms with Crippen molar-refractivity contribution in [1.82, 2.24) is 29.3 Å².